The molecule has 1 aliphatic heterocycles. The van der Waals surface area contributed by atoms with Crippen LogP contribution in [0, 0.1) is 6.92 Å². The zero-order valence-electron chi connectivity index (χ0n) is 9.07. The molecule has 1 amide bonds. The quantitative estimate of drug-likeness (QED) is 0.798. The number of nitrogens with zero attached hydrogens (tertiary/aromatic N) is 2. The molecule has 0 aliphatic carbocycles. The summed E-state index contributed by atoms with van der Waals surface area (Å²) in [5.41, 5.74) is 1.51. The van der Waals surface area contributed by atoms with Crippen LogP contribution >= 0.6 is 27.7 Å². The maximum atomic E-state index is 12.2. The van der Waals surface area contributed by atoms with Crippen LogP contribution in [0.5, 0.6) is 0 Å². The molecule has 0 radical (unpaired) electrons. The van der Waals surface area contributed by atoms with Crippen molar-refractivity contribution in [2.24, 2.45) is 0 Å². The molecule has 0 bridgehead atoms. The number of amides is 1. The van der Waals surface area contributed by atoms with Gasteiger partial charge in [-0.2, -0.15) is 11.8 Å². The molecule has 3 nitrogen and oxygen atoms in total. The van der Waals surface area contributed by atoms with E-state index in [0.717, 1.165) is 34.8 Å². The van der Waals surface area contributed by atoms with Gasteiger partial charge >= 0.3 is 0 Å². The predicted molar refractivity (Wildman–Crippen MR) is 69.9 cm³/mol. The number of carbonyl (C=O) groups excluding carboxylic acids is 1. The van der Waals surface area contributed by atoms with Crippen molar-refractivity contribution in [3.8, 4) is 0 Å². The molecule has 1 saturated heterocycles. The fourth-order valence-corrected chi connectivity index (χ4v) is 2.90. The number of aromatic nitrogens is 1. The van der Waals surface area contributed by atoms with E-state index in [1.54, 1.807) is 6.20 Å². The lowest BCUT2D eigenvalue weighted by Crippen LogP contribution is -2.38. The highest BCUT2D eigenvalue weighted by atomic mass is 79.9. The summed E-state index contributed by atoms with van der Waals surface area (Å²) in [6.45, 7) is 3.56. The van der Waals surface area contributed by atoms with Gasteiger partial charge in [0.25, 0.3) is 5.91 Å². The van der Waals surface area contributed by atoms with Crippen molar-refractivity contribution in [1.82, 2.24) is 9.88 Å². The molecule has 86 valence electrons. The number of hydrogen-bond acceptors (Lipinski definition) is 3. The first-order chi connectivity index (χ1) is 7.68. The van der Waals surface area contributed by atoms with Crippen LogP contribution in [0.4, 0.5) is 0 Å². The zero-order valence-corrected chi connectivity index (χ0v) is 11.5. The molecule has 0 N–H and O–H groups in total. The molecule has 1 aromatic rings. The molecular weight excluding hydrogens is 288 g/mol. The third-order valence-electron chi connectivity index (χ3n) is 2.58. The van der Waals surface area contributed by atoms with Crippen LogP contribution in [0.25, 0.3) is 0 Å². The monoisotopic (exact) mass is 300 g/mol. The van der Waals surface area contributed by atoms with Crippen LogP contribution in [0.3, 0.4) is 0 Å². The predicted octanol–water partition coefficient (Wildman–Crippen LogP) is 2.34. The number of thioether (sulfide) groups is 1. The van der Waals surface area contributed by atoms with Crippen molar-refractivity contribution in [2.45, 2.75) is 6.92 Å². The molecule has 0 aromatic carbocycles. The van der Waals surface area contributed by atoms with E-state index in [0.29, 0.717) is 5.56 Å². The fraction of sp³-hybridized carbons (Fsp3) is 0.455. The maximum absolute atomic E-state index is 12.2. The Morgan fingerprint density at radius 3 is 2.88 bits per heavy atom. The van der Waals surface area contributed by atoms with Crippen molar-refractivity contribution in [3.63, 3.8) is 0 Å². The second-order valence-corrected chi connectivity index (χ2v) is 5.83. The molecule has 1 fully saturated rings. The number of halogens is 1. The summed E-state index contributed by atoms with van der Waals surface area (Å²) in [6, 6.07) is 1.85. The summed E-state index contributed by atoms with van der Waals surface area (Å²) >= 11 is 5.25. The summed E-state index contributed by atoms with van der Waals surface area (Å²) in [5.74, 6) is 2.17. The highest BCUT2D eigenvalue weighted by Crippen LogP contribution is 2.17. The van der Waals surface area contributed by atoms with Gasteiger partial charge in [-0.05, 0) is 28.9 Å². The van der Waals surface area contributed by atoms with Gasteiger partial charge in [0.1, 0.15) is 0 Å². The summed E-state index contributed by atoms with van der Waals surface area (Å²) < 4.78 is 0.854. The fourth-order valence-electron chi connectivity index (χ4n) is 1.66. The Morgan fingerprint density at radius 2 is 2.19 bits per heavy atom. The lowest BCUT2D eigenvalue weighted by Gasteiger charge is -2.26. The first kappa shape index (κ1) is 11.9. The van der Waals surface area contributed by atoms with Gasteiger partial charge < -0.3 is 4.90 Å². The van der Waals surface area contributed by atoms with Crippen molar-refractivity contribution in [2.75, 3.05) is 24.6 Å². The Bertz CT molecular complexity index is 405. The van der Waals surface area contributed by atoms with Crippen molar-refractivity contribution < 1.29 is 4.79 Å². The van der Waals surface area contributed by atoms with E-state index in [9.17, 15) is 4.79 Å². The third-order valence-corrected chi connectivity index (χ3v) is 3.96. The summed E-state index contributed by atoms with van der Waals surface area (Å²) in [6.07, 6.45) is 1.72. The van der Waals surface area contributed by atoms with Gasteiger partial charge in [0.15, 0.2) is 0 Å². The molecule has 16 heavy (non-hydrogen) atoms. The van der Waals surface area contributed by atoms with Crippen LogP contribution in [0.15, 0.2) is 16.7 Å². The summed E-state index contributed by atoms with van der Waals surface area (Å²) in [7, 11) is 0. The molecule has 5 heteroatoms. The zero-order chi connectivity index (χ0) is 11.5. The molecule has 0 unspecified atom stereocenters. The second kappa shape index (κ2) is 5.19. The molecule has 0 saturated carbocycles. The maximum Gasteiger partial charge on any atom is 0.255 e. The summed E-state index contributed by atoms with van der Waals surface area (Å²) in [5, 5.41) is 0. The van der Waals surface area contributed by atoms with Gasteiger partial charge in [0, 0.05) is 35.3 Å². The van der Waals surface area contributed by atoms with Crippen molar-refractivity contribution in [3.05, 3.63) is 28.0 Å². The van der Waals surface area contributed by atoms with Crippen LogP contribution < -0.4 is 0 Å². The van der Waals surface area contributed by atoms with Crippen LogP contribution in [-0.4, -0.2) is 40.4 Å². The average molecular weight is 301 g/mol. The molecule has 2 heterocycles. The van der Waals surface area contributed by atoms with Crippen LogP contribution in [0.2, 0.25) is 0 Å². The Hall–Kier alpha value is -0.550. The third kappa shape index (κ3) is 2.58. The number of carbonyl (C=O) groups is 1. The first-order valence-corrected chi connectivity index (χ1v) is 7.12. The van der Waals surface area contributed by atoms with Gasteiger partial charge in [-0.3, -0.25) is 9.78 Å². The Balaban J connectivity index is 2.22. The molecular formula is C11H13BrN2OS. The minimum Gasteiger partial charge on any atom is -0.337 e. The van der Waals surface area contributed by atoms with E-state index in [4.69, 9.17) is 0 Å². The van der Waals surface area contributed by atoms with Gasteiger partial charge in [-0.15, -0.1) is 0 Å². The number of hydrogen-bond donors (Lipinski definition) is 0. The normalized spacial score (nSPS) is 16.2. The van der Waals surface area contributed by atoms with E-state index in [-0.39, 0.29) is 5.91 Å². The Kier molecular flexibility index (Phi) is 3.86. The lowest BCUT2D eigenvalue weighted by molar-refractivity contribution is 0.0771. The van der Waals surface area contributed by atoms with Gasteiger partial charge in [0.05, 0.1) is 11.3 Å². The minimum absolute atomic E-state index is 0.103. The molecule has 2 rings (SSSR count). The van der Waals surface area contributed by atoms with Crippen LogP contribution in [-0.2, 0) is 0 Å². The molecule has 0 atom stereocenters. The molecule has 1 aromatic heterocycles. The smallest absolute Gasteiger partial charge is 0.255 e. The molecule has 0 spiro atoms. The Labute approximate surface area is 108 Å². The van der Waals surface area contributed by atoms with E-state index >= 15 is 0 Å². The minimum atomic E-state index is 0.103. The highest BCUT2D eigenvalue weighted by molar-refractivity contribution is 9.10. The van der Waals surface area contributed by atoms with E-state index in [1.165, 1.54) is 0 Å². The first-order valence-electron chi connectivity index (χ1n) is 5.17. The van der Waals surface area contributed by atoms with Gasteiger partial charge in [-0.25, -0.2) is 0 Å². The van der Waals surface area contributed by atoms with E-state index < -0.39 is 0 Å². The van der Waals surface area contributed by atoms with Gasteiger partial charge in [-0.1, -0.05) is 0 Å². The SMILES string of the molecule is Cc1ncc(Br)cc1C(=O)N1CCSCC1. The van der Waals surface area contributed by atoms with E-state index in [1.807, 2.05) is 29.7 Å². The van der Waals surface area contributed by atoms with Crippen molar-refractivity contribution >= 4 is 33.6 Å². The summed E-state index contributed by atoms with van der Waals surface area (Å²) in [4.78, 5) is 18.3. The highest BCUT2D eigenvalue weighted by Gasteiger charge is 2.20. The lowest BCUT2D eigenvalue weighted by atomic mass is 10.2. The average Bonchev–Trinajstić information content (AvgIpc) is 2.32. The number of rotatable bonds is 1. The molecule has 1 aliphatic rings. The van der Waals surface area contributed by atoms with Crippen LogP contribution in [0.1, 0.15) is 16.1 Å². The Morgan fingerprint density at radius 1 is 1.50 bits per heavy atom. The topological polar surface area (TPSA) is 33.2 Å². The van der Waals surface area contributed by atoms with Gasteiger partial charge in [0.2, 0.25) is 0 Å². The standard InChI is InChI=1S/C11H13BrN2OS/c1-8-10(6-9(12)7-13-8)11(15)14-2-4-16-5-3-14/h6-7H,2-5H2,1H3. The number of pyridine rings is 1. The van der Waals surface area contributed by atoms with E-state index in [2.05, 4.69) is 20.9 Å². The van der Waals surface area contributed by atoms with Crippen molar-refractivity contribution in [1.29, 1.82) is 0 Å². The number of aryl methyl sites for hydroxylation is 1. The second-order valence-electron chi connectivity index (χ2n) is 3.69. The largest absolute Gasteiger partial charge is 0.337 e.